The molecule has 0 spiro atoms. The van der Waals surface area contributed by atoms with Gasteiger partial charge in [-0.05, 0) is 71.8 Å². The first-order chi connectivity index (χ1) is 11.4. The molecule has 0 saturated heterocycles. The van der Waals surface area contributed by atoms with Crippen molar-refractivity contribution in [3.63, 3.8) is 0 Å². The minimum atomic E-state index is 0.0802. The van der Waals surface area contributed by atoms with Crippen LogP contribution in [0.4, 0.5) is 0 Å². The minimum absolute atomic E-state index is 0.0802. The van der Waals surface area contributed by atoms with Crippen LogP contribution in [0.1, 0.15) is 61.4 Å². The van der Waals surface area contributed by atoms with Crippen molar-refractivity contribution in [3.8, 4) is 11.5 Å². The molecule has 1 aliphatic carbocycles. The quantitative estimate of drug-likeness (QED) is 0.711. The zero-order valence-electron chi connectivity index (χ0n) is 15.0. The monoisotopic (exact) mass is 324 g/mol. The summed E-state index contributed by atoms with van der Waals surface area (Å²) in [5.74, 6) is 0.956. The Bertz CT molecular complexity index is 689. The first kappa shape index (κ1) is 16.9. The number of aryl methyl sites for hydroxylation is 4. The van der Waals surface area contributed by atoms with Gasteiger partial charge in [0.05, 0.1) is 0 Å². The van der Waals surface area contributed by atoms with Crippen molar-refractivity contribution < 1.29 is 10.2 Å². The van der Waals surface area contributed by atoms with Crippen LogP contribution in [0.15, 0.2) is 30.3 Å². The van der Waals surface area contributed by atoms with Crippen molar-refractivity contribution >= 4 is 0 Å². The maximum atomic E-state index is 10.7. The summed E-state index contributed by atoms with van der Waals surface area (Å²) in [6.45, 7) is 6.66. The van der Waals surface area contributed by atoms with E-state index in [1.165, 1.54) is 5.56 Å². The second kappa shape index (κ2) is 6.51. The fourth-order valence-electron chi connectivity index (χ4n) is 3.56. The topological polar surface area (TPSA) is 40.5 Å². The van der Waals surface area contributed by atoms with Crippen LogP contribution in [-0.4, -0.2) is 10.2 Å². The highest BCUT2D eigenvalue weighted by molar-refractivity contribution is 5.47. The van der Waals surface area contributed by atoms with Crippen LogP contribution in [0.3, 0.4) is 0 Å². The van der Waals surface area contributed by atoms with E-state index >= 15 is 0 Å². The van der Waals surface area contributed by atoms with E-state index in [0.29, 0.717) is 11.5 Å². The van der Waals surface area contributed by atoms with Crippen molar-refractivity contribution in [1.29, 1.82) is 0 Å². The van der Waals surface area contributed by atoms with Crippen LogP contribution >= 0.6 is 0 Å². The molecule has 0 heterocycles. The second-order valence-corrected chi connectivity index (χ2v) is 8.03. The fraction of sp³-hybridized carbons (Fsp3) is 0.455. The van der Waals surface area contributed by atoms with Crippen LogP contribution in [-0.2, 0) is 31.1 Å². The average Bonchev–Trinajstić information content (AvgIpc) is 2.51. The van der Waals surface area contributed by atoms with Gasteiger partial charge in [0.25, 0.3) is 0 Å². The summed E-state index contributed by atoms with van der Waals surface area (Å²) in [5.41, 5.74) is 5.53. The molecule has 0 aromatic heterocycles. The van der Waals surface area contributed by atoms with E-state index < -0.39 is 0 Å². The van der Waals surface area contributed by atoms with Crippen molar-refractivity contribution in [3.05, 3.63) is 58.1 Å². The van der Waals surface area contributed by atoms with Gasteiger partial charge in [-0.15, -0.1) is 0 Å². The molecule has 0 saturated carbocycles. The van der Waals surface area contributed by atoms with Gasteiger partial charge in [0.15, 0.2) is 0 Å². The highest BCUT2D eigenvalue weighted by Crippen LogP contribution is 2.34. The lowest BCUT2D eigenvalue weighted by molar-refractivity contribution is 0.450. The Kier molecular flexibility index (Phi) is 4.58. The Morgan fingerprint density at radius 1 is 0.708 bits per heavy atom. The van der Waals surface area contributed by atoms with Gasteiger partial charge in [-0.3, -0.25) is 0 Å². The van der Waals surface area contributed by atoms with E-state index in [2.05, 4.69) is 32.9 Å². The highest BCUT2D eigenvalue weighted by Gasteiger charge is 2.19. The van der Waals surface area contributed by atoms with Gasteiger partial charge < -0.3 is 10.2 Å². The van der Waals surface area contributed by atoms with E-state index in [1.54, 1.807) is 0 Å². The van der Waals surface area contributed by atoms with Crippen LogP contribution < -0.4 is 0 Å². The van der Waals surface area contributed by atoms with Gasteiger partial charge in [0.2, 0.25) is 0 Å². The Morgan fingerprint density at radius 2 is 1.12 bits per heavy atom. The van der Waals surface area contributed by atoms with E-state index in [1.807, 2.05) is 18.2 Å². The van der Waals surface area contributed by atoms with Gasteiger partial charge in [-0.25, -0.2) is 0 Å². The van der Waals surface area contributed by atoms with Gasteiger partial charge in [-0.2, -0.15) is 0 Å². The third kappa shape index (κ3) is 3.43. The zero-order chi connectivity index (χ0) is 17.3. The molecule has 1 aliphatic rings. The summed E-state index contributed by atoms with van der Waals surface area (Å²) in [6, 6.07) is 10.4. The van der Waals surface area contributed by atoms with Crippen molar-refractivity contribution in [2.75, 3.05) is 0 Å². The molecule has 0 atom stereocenters. The van der Waals surface area contributed by atoms with Crippen molar-refractivity contribution in [1.82, 2.24) is 0 Å². The van der Waals surface area contributed by atoms with Gasteiger partial charge >= 0.3 is 0 Å². The Labute approximate surface area is 145 Å². The Balaban J connectivity index is 1.98. The molecule has 0 aliphatic heterocycles. The molecule has 2 N–H and O–H groups in total. The fourth-order valence-corrected chi connectivity index (χ4v) is 3.56. The number of hydrogen-bond donors (Lipinski definition) is 2. The van der Waals surface area contributed by atoms with Crippen LogP contribution in [0.2, 0.25) is 0 Å². The van der Waals surface area contributed by atoms with Crippen molar-refractivity contribution in [2.45, 2.75) is 64.7 Å². The number of para-hydroxylation sites is 1. The van der Waals surface area contributed by atoms with E-state index in [9.17, 15) is 10.2 Å². The predicted octanol–water partition coefficient (Wildman–Crippen LogP) is 5.06. The molecule has 2 nitrogen and oxygen atoms in total. The van der Waals surface area contributed by atoms with E-state index in [4.69, 9.17) is 0 Å². The molecule has 4 bridgehead atoms. The summed E-state index contributed by atoms with van der Waals surface area (Å²) in [7, 11) is 0. The molecule has 2 aromatic carbocycles. The van der Waals surface area contributed by atoms with Crippen LogP contribution in [0.25, 0.3) is 0 Å². The minimum Gasteiger partial charge on any atom is -0.507 e. The predicted molar refractivity (Wildman–Crippen MR) is 99.0 cm³/mol. The standard InChI is InChI=1S/C22H28O2/c1-22(2,3)19-13-17-11-5-9-15-7-4-8-16(20(15)23)10-6-12-18(14-19)21(17)24/h4,7-8,13-14,23-24H,5-6,9-12H2,1-3H3. The maximum Gasteiger partial charge on any atom is 0.121 e. The number of fused-ring (bicyclic) bond motifs is 4. The molecular formula is C22H28O2. The molecule has 0 radical (unpaired) electrons. The first-order valence-electron chi connectivity index (χ1n) is 9.01. The number of benzene rings is 2. The third-order valence-electron chi connectivity index (χ3n) is 5.12. The summed E-state index contributed by atoms with van der Waals surface area (Å²) in [4.78, 5) is 0. The largest absolute Gasteiger partial charge is 0.507 e. The molecule has 128 valence electrons. The number of phenols is 2. The molecule has 0 unspecified atom stereocenters. The normalized spacial score (nSPS) is 15.5. The number of phenolic OH excluding ortho intramolecular Hbond substituents is 2. The molecule has 3 rings (SSSR count). The zero-order valence-corrected chi connectivity index (χ0v) is 15.0. The molecule has 2 aromatic rings. The lowest BCUT2D eigenvalue weighted by atomic mass is 9.83. The summed E-state index contributed by atoms with van der Waals surface area (Å²) in [5, 5.41) is 21.1. The van der Waals surface area contributed by atoms with E-state index in [0.717, 1.165) is 60.8 Å². The van der Waals surface area contributed by atoms with Gasteiger partial charge in [0.1, 0.15) is 11.5 Å². The molecule has 24 heavy (non-hydrogen) atoms. The highest BCUT2D eigenvalue weighted by atomic mass is 16.3. The Morgan fingerprint density at radius 3 is 1.58 bits per heavy atom. The number of hydrogen-bond acceptors (Lipinski definition) is 2. The SMILES string of the molecule is CC(C)(C)c1cc2c(O)c(c1)CCCc1cccc(c1O)CCC2. The second-order valence-electron chi connectivity index (χ2n) is 8.03. The third-order valence-corrected chi connectivity index (χ3v) is 5.12. The Hall–Kier alpha value is -1.96. The lowest BCUT2D eigenvalue weighted by Crippen LogP contribution is -2.13. The maximum absolute atomic E-state index is 10.7. The lowest BCUT2D eigenvalue weighted by Gasteiger charge is -2.23. The number of aromatic hydroxyl groups is 2. The first-order valence-corrected chi connectivity index (χ1v) is 9.01. The molecular weight excluding hydrogens is 296 g/mol. The average molecular weight is 324 g/mol. The van der Waals surface area contributed by atoms with Crippen LogP contribution in [0.5, 0.6) is 11.5 Å². The van der Waals surface area contributed by atoms with Gasteiger partial charge in [0, 0.05) is 0 Å². The molecule has 0 amide bonds. The van der Waals surface area contributed by atoms with Gasteiger partial charge in [-0.1, -0.05) is 51.1 Å². The summed E-state index contributed by atoms with van der Waals surface area (Å²) in [6.07, 6.45) is 5.22. The smallest absolute Gasteiger partial charge is 0.121 e. The summed E-state index contributed by atoms with van der Waals surface area (Å²) < 4.78 is 0. The summed E-state index contributed by atoms with van der Waals surface area (Å²) >= 11 is 0. The van der Waals surface area contributed by atoms with Crippen molar-refractivity contribution in [2.24, 2.45) is 0 Å². The molecule has 0 fully saturated rings. The molecule has 2 heteroatoms. The van der Waals surface area contributed by atoms with E-state index in [-0.39, 0.29) is 5.41 Å². The number of rotatable bonds is 0. The van der Waals surface area contributed by atoms with Crippen LogP contribution in [0, 0.1) is 0 Å².